The standard InChI is InChI=1S/C50H29N5/c51-30-32-20-26-49-41(28-32)42-29-35(54-46-17-7-3-12-39(46)40-13-4-8-18-47(40)54)25-27-50(42)55(49)48-19-9-14-36(43(48)31-52)33-21-23-34(24-22-33)53-44-15-5-1-10-37(44)38-11-2-6-16-45(38)53/h1-29H. The van der Waals surface area contributed by atoms with Crippen LogP contribution in [0.15, 0.2) is 176 Å². The van der Waals surface area contributed by atoms with Gasteiger partial charge in [-0.25, -0.2) is 0 Å². The minimum absolute atomic E-state index is 0.585. The molecule has 0 radical (unpaired) electrons. The lowest BCUT2D eigenvalue weighted by atomic mass is 9.98. The van der Waals surface area contributed by atoms with Crippen molar-refractivity contribution in [2.75, 3.05) is 0 Å². The molecule has 254 valence electrons. The van der Waals surface area contributed by atoms with Crippen LogP contribution in [-0.2, 0) is 0 Å². The van der Waals surface area contributed by atoms with Gasteiger partial charge < -0.3 is 13.7 Å². The molecule has 55 heavy (non-hydrogen) atoms. The Kier molecular flexibility index (Phi) is 6.61. The van der Waals surface area contributed by atoms with Crippen LogP contribution < -0.4 is 0 Å². The van der Waals surface area contributed by atoms with E-state index in [4.69, 9.17) is 0 Å². The zero-order chi connectivity index (χ0) is 36.6. The molecule has 11 aromatic rings. The maximum Gasteiger partial charge on any atom is 0.102 e. The van der Waals surface area contributed by atoms with Gasteiger partial charge in [-0.1, -0.05) is 97.1 Å². The smallest absolute Gasteiger partial charge is 0.102 e. The zero-order valence-corrected chi connectivity index (χ0v) is 29.5. The molecule has 5 nitrogen and oxygen atoms in total. The molecule has 0 saturated carbocycles. The molecule has 5 heteroatoms. The quantitative estimate of drug-likeness (QED) is 0.184. The van der Waals surface area contributed by atoms with Gasteiger partial charge in [0.2, 0.25) is 0 Å². The molecule has 3 heterocycles. The number of hydrogen-bond donors (Lipinski definition) is 0. The third-order valence-corrected chi connectivity index (χ3v) is 11.1. The Morgan fingerprint density at radius 3 is 1.36 bits per heavy atom. The first kappa shape index (κ1) is 30.7. The van der Waals surface area contributed by atoms with E-state index in [9.17, 15) is 10.5 Å². The Bertz CT molecular complexity index is 3350. The van der Waals surface area contributed by atoms with Gasteiger partial charge in [-0.05, 0) is 84.4 Å². The Morgan fingerprint density at radius 2 is 0.818 bits per heavy atom. The molecule has 0 aliphatic heterocycles. The minimum Gasteiger partial charge on any atom is -0.309 e. The first-order valence-corrected chi connectivity index (χ1v) is 18.3. The summed E-state index contributed by atoms with van der Waals surface area (Å²) in [6, 6.07) is 65.9. The van der Waals surface area contributed by atoms with E-state index in [0.29, 0.717) is 11.1 Å². The van der Waals surface area contributed by atoms with Crippen LogP contribution >= 0.6 is 0 Å². The molecule has 0 bridgehead atoms. The summed E-state index contributed by atoms with van der Waals surface area (Å²) >= 11 is 0. The van der Waals surface area contributed by atoms with Crippen LogP contribution in [0, 0.1) is 22.7 Å². The molecule has 0 aliphatic rings. The lowest BCUT2D eigenvalue weighted by molar-refractivity contribution is 1.16. The second-order valence-corrected chi connectivity index (χ2v) is 14.0. The molecule has 0 spiro atoms. The summed E-state index contributed by atoms with van der Waals surface area (Å²) in [6.07, 6.45) is 0. The van der Waals surface area contributed by atoms with Crippen LogP contribution in [0.25, 0.3) is 93.6 Å². The highest BCUT2D eigenvalue weighted by molar-refractivity contribution is 6.13. The summed E-state index contributed by atoms with van der Waals surface area (Å²) in [4.78, 5) is 0. The number of hydrogen-bond acceptors (Lipinski definition) is 2. The van der Waals surface area contributed by atoms with Gasteiger partial charge in [0.25, 0.3) is 0 Å². The largest absolute Gasteiger partial charge is 0.309 e. The van der Waals surface area contributed by atoms with E-state index in [-0.39, 0.29) is 0 Å². The van der Waals surface area contributed by atoms with Crippen molar-refractivity contribution in [2.45, 2.75) is 0 Å². The van der Waals surface area contributed by atoms with Crippen molar-refractivity contribution < 1.29 is 0 Å². The van der Waals surface area contributed by atoms with E-state index in [1.807, 2.05) is 36.4 Å². The van der Waals surface area contributed by atoms with Crippen LogP contribution in [0.1, 0.15) is 11.1 Å². The van der Waals surface area contributed by atoms with Gasteiger partial charge in [0.1, 0.15) is 6.07 Å². The number of para-hydroxylation sites is 4. The van der Waals surface area contributed by atoms with Crippen molar-refractivity contribution in [1.29, 1.82) is 10.5 Å². The van der Waals surface area contributed by atoms with Crippen LogP contribution in [-0.4, -0.2) is 13.7 Å². The SMILES string of the molecule is N#Cc1ccc2c(c1)c1cc(-n3c4ccccc4c4ccccc43)ccc1n2-c1cccc(-c2ccc(-n3c4ccccc4c4ccccc43)cc2)c1C#N. The molecular weight excluding hydrogens is 671 g/mol. The molecule has 0 atom stereocenters. The Labute approximate surface area is 316 Å². The van der Waals surface area contributed by atoms with Crippen molar-refractivity contribution in [3.8, 4) is 40.3 Å². The van der Waals surface area contributed by atoms with Gasteiger partial charge in [0, 0.05) is 49.3 Å². The van der Waals surface area contributed by atoms with Gasteiger partial charge >= 0.3 is 0 Å². The number of fused-ring (bicyclic) bond motifs is 9. The molecule has 8 aromatic carbocycles. The van der Waals surface area contributed by atoms with Crippen molar-refractivity contribution in [3.05, 3.63) is 187 Å². The normalized spacial score (nSPS) is 11.6. The van der Waals surface area contributed by atoms with Crippen molar-refractivity contribution in [2.24, 2.45) is 0 Å². The first-order chi connectivity index (χ1) is 27.2. The Balaban J connectivity index is 1.09. The van der Waals surface area contributed by atoms with Gasteiger partial charge in [0.05, 0.1) is 56.0 Å². The number of benzene rings is 8. The second-order valence-electron chi connectivity index (χ2n) is 14.0. The summed E-state index contributed by atoms with van der Waals surface area (Å²) < 4.78 is 6.79. The second kappa shape index (κ2) is 11.8. The fraction of sp³-hybridized carbons (Fsp3) is 0. The van der Waals surface area contributed by atoms with E-state index in [1.165, 1.54) is 21.5 Å². The molecule has 0 fully saturated rings. The first-order valence-electron chi connectivity index (χ1n) is 18.3. The fourth-order valence-corrected chi connectivity index (χ4v) is 8.76. The number of nitriles is 2. The number of nitrogens with zero attached hydrogens (tertiary/aromatic N) is 5. The maximum absolute atomic E-state index is 10.9. The summed E-state index contributed by atoms with van der Waals surface area (Å²) in [6.45, 7) is 0. The highest BCUT2D eigenvalue weighted by Crippen LogP contribution is 2.40. The highest BCUT2D eigenvalue weighted by Gasteiger charge is 2.20. The molecule has 0 aliphatic carbocycles. The lowest BCUT2D eigenvalue weighted by Crippen LogP contribution is -2.00. The van der Waals surface area contributed by atoms with Crippen molar-refractivity contribution in [3.63, 3.8) is 0 Å². The monoisotopic (exact) mass is 699 g/mol. The molecule has 3 aromatic heterocycles. The Hall–Kier alpha value is -7.86. The number of aromatic nitrogens is 3. The van der Waals surface area contributed by atoms with Crippen LogP contribution in [0.3, 0.4) is 0 Å². The lowest BCUT2D eigenvalue weighted by Gasteiger charge is -2.15. The fourth-order valence-electron chi connectivity index (χ4n) is 8.76. The van der Waals surface area contributed by atoms with Gasteiger partial charge in [-0.3, -0.25) is 0 Å². The van der Waals surface area contributed by atoms with Crippen LogP contribution in [0.2, 0.25) is 0 Å². The third-order valence-electron chi connectivity index (χ3n) is 11.1. The average molecular weight is 700 g/mol. The zero-order valence-electron chi connectivity index (χ0n) is 29.5. The van der Waals surface area contributed by atoms with Gasteiger partial charge in [-0.15, -0.1) is 0 Å². The van der Waals surface area contributed by atoms with E-state index >= 15 is 0 Å². The highest BCUT2D eigenvalue weighted by atomic mass is 15.0. The van der Waals surface area contributed by atoms with E-state index in [2.05, 4.69) is 165 Å². The molecule has 0 unspecified atom stereocenters. The summed E-state index contributed by atoms with van der Waals surface area (Å²) in [7, 11) is 0. The summed E-state index contributed by atoms with van der Waals surface area (Å²) in [5.41, 5.74) is 12.4. The van der Waals surface area contributed by atoms with Gasteiger partial charge in [0.15, 0.2) is 0 Å². The molecule has 0 saturated heterocycles. The predicted octanol–water partition coefficient (Wildman–Crippen LogP) is 12.4. The Morgan fingerprint density at radius 1 is 0.345 bits per heavy atom. The predicted molar refractivity (Wildman–Crippen MR) is 224 cm³/mol. The third kappa shape index (κ3) is 4.45. The van der Waals surface area contributed by atoms with Gasteiger partial charge in [-0.2, -0.15) is 10.5 Å². The number of rotatable bonds is 4. The average Bonchev–Trinajstić information content (AvgIpc) is 3.88. The van der Waals surface area contributed by atoms with Crippen LogP contribution in [0.5, 0.6) is 0 Å². The van der Waals surface area contributed by atoms with E-state index in [1.54, 1.807) is 0 Å². The van der Waals surface area contributed by atoms with E-state index < -0.39 is 0 Å². The summed E-state index contributed by atoms with van der Waals surface area (Å²) in [5.74, 6) is 0. The van der Waals surface area contributed by atoms with Crippen molar-refractivity contribution in [1.82, 2.24) is 13.7 Å². The molecule has 11 rings (SSSR count). The van der Waals surface area contributed by atoms with Crippen molar-refractivity contribution >= 4 is 65.4 Å². The molecule has 0 amide bonds. The minimum atomic E-state index is 0.585. The maximum atomic E-state index is 10.9. The topological polar surface area (TPSA) is 62.4 Å². The van der Waals surface area contributed by atoms with E-state index in [0.717, 1.165) is 72.1 Å². The molecule has 0 N–H and O–H groups in total. The molecular formula is C50H29N5. The summed E-state index contributed by atoms with van der Waals surface area (Å²) in [5, 5.41) is 27.7. The van der Waals surface area contributed by atoms with Crippen LogP contribution in [0.4, 0.5) is 0 Å².